The largest absolute Gasteiger partial charge is 0.436 e. The lowest BCUT2D eigenvalue weighted by Gasteiger charge is -1.89. The first-order chi connectivity index (χ1) is 7.84. The van der Waals surface area contributed by atoms with Gasteiger partial charge in [-0.25, -0.2) is 5.10 Å². The predicted octanol–water partition coefficient (Wildman–Crippen LogP) is 2.95. The Morgan fingerprint density at radius 2 is 2.31 bits per heavy atom. The number of aromatic amines is 1. The molecule has 0 aliphatic carbocycles. The Labute approximate surface area is 96.1 Å². The molecule has 6 heteroatoms. The summed E-state index contributed by atoms with van der Waals surface area (Å²) in [6.07, 6.45) is 1.51. The molecule has 0 radical (unpaired) electrons. The summed E-state index contributed by atoms with van der Waals surface area (Å²) in [5, 5.41) is 10.0. The maximum Gasteiger partial charge on any atom is 0.226 e. The third-order valence-electron chi connectivity index (χ3n) is 2.53. The molecule has 4 nitrogen and oxygen atoms in total. The molecule has 0 aromatic carbocycles. The van der Waals surface area contributed by atoms with E-state index in [0.29, 0.717) is 21.4 Å². The fourth-order valence-corrected chi connectivity index (χ4v) is 3.92. The summed E-state index contributed by atoms with van der Waals surface area (Å²) in [5.74, 6) is 0. The summed E-state index contributed by atoms with van der Waals surface area (Å²) >= 11 is 3.11. The van der Waals surface area contributed by atoms with Crippen LogP contribution in [0.4, 0.5) is 0 Å². The van der Waals surface area contributed by atoms with E-state index in [0.717, 1.165) is 9.40 Å². The van der Waals surface area contributed by atoms with Gasteiger partial charge in [0.25, 0.3) is 0 Å². The number of H-pyrrole nitrogens is 1. The smallest absolute Gasteiger partial charge is 0.226 e. The molecule has 0 spiro atoms. The third-order valence-corrected chi connectivity index (χ3v) is 4.76. The van der Waals surface area contributed by atoms with Crippen LogP contribution in [0, 0.1) is 0 Å². The van der Waals surface area contributed by atoms with Crippen LogP contribution in [0.3, 0.4) is 0 Å². The second-order valence-corrected chi connectivity index (χ2v) is 5.62. The van der Waals surface area contributed by atoms with Crippen molar-refractivity contribution in [2.24, 2.45) is 0 Å². The molecule has 0 saturated carbocycles. The molecule has 1 N–H and O–H groups in total. The molecule has 4 aromatic rings. The lowest BCUT2D eigenvalue weighted by Crippen LogP contribution is -1.97. The van der Waals surface area contributed by atoms with Gasteiger partial charge in [-0.1, -0.05) is 0 Å². The number of hydrogen-bond donors (Lipinski definition) is 1. The molecule has 0 saturated heterocycles. The zero-order valence-corrected chi connectivity index (χ0v) is 9.45. The van der Waals surface area contributed by atoms with E-state index in [9.17, 15) is 4.79 Å². The van der Waals surface area contributed by atoms with Gasteiger partial charge in [0.05, 0.1) is 10.2 Å². The monoisotopic (exact) mass is 248 g/mol. The van der Waals surface area contributed by atoms with Gasteiger partial charge in [0.1, 0.15) is 10.1 Å². The Balaban J connectivity index is 2.44. The van der Waals surface area contributed by atoms with Gasteiger partial charge in [-0.05, 0) is 11.4 Å². The van der Waals surface area contributed by atoms with E-state index in [1.54, 1.807) is 11.3 Å². The number of hydrogen-bond acceptors (Lipinski definition) is 5. The zero-order chi connectivity index (χ0) is 10.7. The van der Waals surface area contributed by atoms with Crippen LogP contribution in [0.1, 0.15) is 0 Å². The fraction of sp³-hybridized carbons (Fsp3) is 0. The van der Waals surface area contributed by atoms with Crippen molar-refractivity contribution < 1.29 is 4.42 Å². The maximum atomic E-state index is 12.1. The summed E-state index contributed by atoms with van der Waals surface area (Å²) in [4.78, 5) is 12.1. The van der Waals surface area contributed by atoms with Crippen molar-refractivity contribution in [3.05, 3.63) is 27.9 Å². The van der Waals surface area contributed by atoms with Crippen molar-refractivity contribution in [3.8, 4) is 0 Å². The Morgan fingerprint density at radius 3 is 3.25 bits per heavy atom. The second-order valence-electron chi connectivity index (χ2n) is 3.43. The van der Waals surface area contributed by atoms with E-state index in [-0.39, 0.29) is 5.43 Å². The van der Waals surface area contributed by atoms with Gasteiger partial charge in [-0.3, -0.25) is 4.79 Å². The van der Waals surface area contributed by atoms with E-state index in [1.807, 2.05) is 11.4 Å². The lowest BCUT2D eigenvalue weighted by molar-refractivity contribution is 0.646. The minimum atomic E-state index is -0.00148. The molecule has 0 aliphatic rings. The SMILES string of the molecule is O=c1c2cn[nH]c2oc2c1sc1sccc12. The fourth-order valence-electron chi connectivity index (χ4n) is 1.79. The van der Waals surface area contributed by atoms with Crippen LogP contribution >= 0.6 is 22.7 Å². The van der Waals surface area contributed by atoms with Crippen LogP contribution in [0.15, 0.2) is 26.9 Å². The molecule has 16 heavy (non-hydrogen) atoms. The van der Waals surface area contributed by atoms with Crippen molar-refractivity contribution in [2.75, 3.05) is 0 Å². The Kier molecular flexibility index (Phi) is 1.44. The molecule has 4 rings (SSSR count). The van der Waals surface area contributed by atoms with Crippen molar-refractivity contribution in [3.63, 3.8) is 0 Å². The summed E-state index contributed by atoms with van der Waals surface area (Å²) in [6, 6.07) is 1.98. The number of thiophene rings is 2. The lowest BCUT2D eigenvalue weighted by atomic mass is 10.3. The molecule has 0 unspecified atom stereocenters. The van der Waals surface area contributed by atoms with E-state index in [4.69, 9.17) is 4.42 Å². The number of nitrogens with zero attached hydrogens (tertiary/aromatic N) is 1. The van der Waals surface area contributed by atoms with Gasteiger partial charge in [-0.15, -0.1) is 22.7 Å². The number of aromatic nitrogens is 2. The van der Waals surface area contributed by atoms with Crippen LogP contribution in [0.2, 0.25) is 0 Å². The summed E-state index contributed by atoms with van der Waals surface area (Å²) < 4.78 is 7.48. The number of rotatable bonds is 0. The second kappa shape index (κ2) is 2.72. The van der Waals surface area contributed by atoms with Crippen LogP contribution in [0.25, 0.3) is 30.8 Å². The van der Waals surface area contributed by atoms with E-state index in [1.165, 1.54) is 17.5 Å². The van der Waals surface area contributed by atoms with Gasteiger partial charge in [-0.2, -0.15) is 5.10 Å². The van der Waals surface area contributed by atoms with Crippen LogP contribution in [-0.2, 0) is 0 Å². The molecular formula is C10H4N2O2S2. The Morgan fingerprint density at radius 1 is 1.38 bits per heavy atom. The van der Waals surface area contributed by atoms with E-state index < -0.39 is 0 Å². The standard InChI is InChI=1S/C10H4N2O2S2/c13-6-5-3-11-12-9(5)14-7-4-1-2-15-10(4)16-8(6)7/h1-3H,(H,11,12). The highest BCUT2D eigenvalue weighted by molar-refractivity contribution is 7.41. The molecule has 78 valence electrons. The minimum absolute atomic E-state index is 0.00148. The Bertz CT molecular complexity index is 880. The summed E-state index contributed by atoms with van der Waals surface area (Å²) in [6.45, 7) is 0. The molecular weight excluding hydrogens is 244 g/mol. The summed E-state index contributed by atoms with van der Waals surface area (Å²) in [7, 11) is 0. The van der Waals surface area contributed by atoms with Gasteiger partial charge in [0.15, 0.2) is 5.58 Å². The van der Waals surface area contributed by atoms with Crippen LogP contribution in [-0.4, -0.2) is 10.2 Å². The van der Waals surface area contributed by atoms with Gasteiger partial charge >= 0.3 is 0 Å². The van der Waals surface area contributed by atoms with E-state index >= 15 is 0 Å². The molecule has 0 aliphatic heterocycles. The first kappa shape index (κ1) is 8.49. The van der Waals surface area contributed by atoms with Gasteiger partial charge < -0.3 is 4.42 Å². The highest BCUT2D eigenvalue weighted by Gasteiger charge is 2.15. The van der Waals surface area contributed by atoms with Crippen molar-refractivity contribution in [1.29, 1.82) is 0 Å². The molecule has 4 heterocycles. The first-order valence-electron chi connectivity index (χ1n) is 4.60. The predicted molar refractivity (Wildman–Crippen MR) is 65.4 cm³/mol. The molecule has 0 bridgehead atoms. The van der Waals surface area contributed by atoms with Crippen LogP contribution < -0.4 is 5.43 Å². The quantitative estimate of drug-likeness (QED) is 0.520. The van der Waals surface area contributed by atoms with E-state index in [2.05, 4.69) is 10.2 Å². The minimum Gasteiger partial charge on any atom is -0.436 e. The molecule has 0 fully saturated rings. The van der Waals surface area contributed by atoms with Gasteiger partial charge in [0.2, 0.25) is 11.1 Å². The molecule has 0 amide bonds. The third kappa shape index (κ3) is 0.885. The van der Waals surface area contributed by atoms with Gasteiger partial charge in [0, 0.05) is 5.39 Å². The first-order valence-corrected chi connectivity index (χ1v) is 6.30. The normalized spacial score (nSPS) is 12.0. The number of fused-ring (bicyclic) bond motifs is 4. The topological polar surface area (TPSA) is 58.9 Å². The van der Waals surface area contributed by atoms with Crippen LogP contribution in [0.5, 0.6) is 0 Å². The van der Waals surface area contributed by atoms with Crippen molar-refractivity contribution in [2.45, 2.75) is 0 Å². The Hall–Kier alpha value is -1.66. The molecule has 4 aromatic heterocycles. The number of nitrogens with one attached hydrogen (secondary N) is 1. The molecule has 0 atom stereocenters. The zero-order valence-electron chi connectivity index (χ0n) is 7.81. The highest BCUT2D eigenvalue weighted by Crippen LogP contribution is 2.36. The average Bonchev–Trinajstić information content (AvgIpc) is 2.93. The maximum absolute atomic E-state index is 12.1. The highest BCUT2D eigenvalue weighted by atomic mass is 32.2. The van der Waals surface area contributed by atoms with Crippen molar-refractivity contribution >= 4 is 53.5 Å². The van der Waals surface area contributed by atoms with Crippen molar-refractivity contribution in [1.82, 2.24) is 10.2 Å². The average molecular weight is 248 g/mol. The summed E-state index contributed by atoms with van der Waals surface area (Å²) in [5.41, 5.74) is 1.12.